The van der Waals surface area contributed by atoms with Crippen LogP contribution in [0.15, 0.2) is 0 Å². The Bertz CT molecular complexity index is 586. The highest BCUT2D eigenvalue weighted by atomic mass is 32.1. The Balaban J connectivity index is 1.95. The van der Waals surface area contributed by atoms with E-state index in [1.165, 1.54) is 0 Å². The largest absolute Gasteiger partial charge is 0.347 e. The number of fused-ring (bicyclic) bond motifs is 1. The van der Waals surface area contributed by atoms with E-state index in [2.05, 4.69) is 21.1 Å². The lowest BCUT2D eigenvalue weighted by Crippen LogP contribution is -2.34. The van der Waals surface area contributed by atoms with Crippen molar-refractivity contribution >= 4 is 26.8 Å². The van der Waals surface area contributed by atoms with Crippen LogP contribution in [0, 0.1) is 24.2 Å². The lowest BCUT2D eigenvalue weighted by Gasteiger charge is -2.28. The Hall–Kier alpha value is -1.61. The van der Waals surface area contributed by atoms with E-state index in [-0.39, 0.29) is 5.92 Å². The quantitative estimate of drug-likeness (QED) is 0.788. The van der Waals surface area contributed by atoms with E-state index in [4.69, 9.17) is 5.26 Å². The Morgan fingerprint density at radius 3 is 3.06 bits per heavy atom. The molecule has 1 aliphatic rings. The van der Waals surface area contributed by atoms with Gasteiger partial charge in [-0.2, -0.15) is 10.4 Å². The lowest BCUT2D eigenvalue weighted by atomic mass is 10.0. The molecule has 18 heavy (non-hydrogen) atoms. The second-order valence-electron chi connectivity index (χ2n) is 4.77. The standard InChI is InChI=1S/C12H15N5S/c1-8-10-11(16(2)15-8)14-12(18-10)17-5-3-4-9(6-13)7-17/h9H,3-5,7H2,1-2H3/t9-/m1/s1. The molecule has 1 saturated heterocycles. The molecule has 0 aromatic carbocycles. The van der Waals surface area contributed by atoms with Gasteiger partial charge in [0, 0.05) is 20.1 Å². The molecule has 2 aromatic rings. The molecule has 1 aliphatic heterocycles. The maximum absolute atomic E-state index is 9.04. The molecular formula is C12H15N5S. The van der Waals surface area contributed by atoms with Crippen LogP contribution in [0.2, 0.25) is 0 Å². The first-order valence-corrected chi connectivity index (χ1v) is 6.95. The van der Waals surface area contributed by atoms with E-state index in [0.29, 0.717) is 0 Å². The Morgan fingerprint density at radius 1 is 1.50 bits per heavy atom. The van der Waals surface area contributed by atoms with Gasteiger partial charge < -0.3 is 4.90 Å². The van der Waals surface area contributed by atoms with E-state index >= 15 is 0 Å². The van der Waals surface area contributed by atoms with Crippen molar-refractivity contribution in [1.82, 2.24) is 14.8 Å². The summed E-state index contributed by atoms with van der Waals surface area (Å²) in [7, 11) is 1.92. The summed E-state index contributed by atoms with van der Waals surface area (Å²) in [5.41, 5.74) is 1.98. The first-order chi connectivity index (χ1) is 8.69. The highest BCUT2D eigenvalue weighted by Crippen LogP contribution is 2.32. The normalized spacial score (nSPS) is 20.3. The highest BCUT2D eigenvalue weighted by Gasteiger charge is 2.23. The summed E-state index contributed by atoms with van der Waals surface area (Å²) < 4.78 is 2.99. The molecule has 94 valence electrons. The van der Waals surface area contributed by atoms with Crippen LogP contribution in [-0.2, 0) is 7.05 Å². The average molecular weight is 261 g/mol. The molecule has 3 rings (SSSR count). The zero-order valence-corrected chi connectivity index (χ0v) is 11.4. The monoisotopic (exact) mass is 261 g/mol. The molecule has 0 bridgehead atoms. The third kappa shape index (κ3) is 1.75. The van der Waals surface area contributed by atoms with E-state index < -0.39 is 0 Å². The van der Waals surface area contributed by atoms with Gasteiger partial charge in [0.05, 0.1) is 22.4 Å². The first-order valence-electron chi connectivity index (χ1n) is 6.13. The van der Waals surface area contributed by atoms with Gasteiger partial charge in [0.2, 0.25) is 0 Å². The van der Waals surface area contributed by atoms with Crippen molar-refractivity contribution in [3.8, 4) is 6.07 Å². The van der Waals surface area contributed by atoms with Gasteiger partial charge in [0.1, 0.15) is 0 Å². The Morgan fingerprint density at radius 2 is 2.33 bits per heavy atom. The molecule has 0 amide bonds. The maximum atomic E-state index is 9.04. The van der Waals surface area contributed by atoms with Gasteiger partial charge in [-0.1, -0.05) is 11.3 Å². The number of hydrogen-bond acceptors (Lipinski definition) is 5. The summed E-state index contributed by atoms with van der Waals surface area (Å²) in [6, 6.07) is 2.37. The van der Waals surface area contributed by atoms with Crippen molar-refractivity contribution in [3.63, 3.8) is 0 Å². The smallest absolute Gasteiger partial charge is 0.188 e. The number of aryl methyl sites for hydroxylation is 2. The fraction of sp³-hybridized carbons (Fsp3) is 0.583. The number of piperidine rings is 1. The topological polar surface area (TPSA) is 57.7 Å². The minimum atomic E-state index is 0.144. The van der Waals surface area contributed by atoms with Crippen LogP contribution in [0.5, 0.6) is 0 Å². The van der Waals surface area contributed by atoms with Crippen molar-refractivity contribution in [2.45, 2.75) is 19.8 Å². The molecule has 0 saturated carbocycles. The van der Waals surface area contributed by atoms with E-state index in [0.717, 1.165) is 47.1 Å². The number of anilines is 1. The number of thiazole rings is 1. The van der Waals surface area contributed by atoms with Crippen LogP contribution in [-0.4, -0.2) is 27.9 Å². The molecule has 5 nitrogen and oxygen atoms in total. The Kier molecular flexibility index (Phi) is 2.71. The Labute approximate surface area is 110 Å². The van der Waals surface area contributed by atoms with Gasteiger partial charge in [-0.15, -0.1) is 0 Å². The van der Waals surface area contributed by atoms with Crippen molar-refractivity contribution < 1.29 is 0 Å². The first kappa shape index (κ1) is 11.5. The summed E-state index contributed by atoms with van der Waals surface area (Å²) >= 11 is 1.69. The summed E-state index contributed by atoms with van der Waals surface area (Å²) in [6.07, 6.45) is 2.09. The maximum Gasteiger partial charge on any atom is 0.188 e. The van der Waals surface area contributed by atoms with Crippen LogP contribution >= 0.6 is 11.3 Å². The molecule has 0 spiro atoms. The molecular weight excluding hydrogens is 246 g/mol. The van der Waals surface area contributed by atoms with Crippen LogP contribution in [0.1, 0.15) is 18.5 Å². The van der Waals surface area contributed by atoms with Gasteiger partial charge in [0.15, 0.2) is 10.8 Å². The molecule has 6 heteroatoms. The summed E-state index contributed by atoms with van der Waals surface area (Å²) in [4.78, 5) is 6.90. The van der Waals surface area contributed by atoms with Crippen LogP contribution in [0.4, 0.5) is 5.13 Å². The minimum Gasteiger partial charge on any atom is -0.347 e. The van der Waals surface area contributed by atoms with Crippen LogP contribution < -0.4 is 4.90 Å². The van der Waals surface area contributed by atoms with Gasteiger partial charge in [-0.25, -0.2) is 9.67 Å². The SMILES string of the molecule is Cc1nn(C)c2nc(N3CCC[C@H](C#N)C3)sc12. The van der Waals surface area contributed by atoms with Gasteiger partial charge >= 0.3 is 0 Å². The van der Waals surface area contributed by atoms with Crippen molar-refractivity contribution in [2.24, 2.45) is 13.0 Å². The fourth-order valence-corrected chi connectivity index (χ4v) is 3.53. The number of aromatic nitrogens is 3. The fourth-order valence-electron chi connectivity index (χ4n) is 2.47. The average Bonchev–Trinajstić information content (AvgIpc) is 2.93. The molecule has 0 unspecified atom stereocenters. The van der Waals surface area contributed by atoms with Crippen molar-refractivity contribution in [3.05, 3.63) is 5.69 Å². The van der Waals surface area contributed by atoms with Crippen molar-refractivity contribution in [2.75, 3.05) is 18.0 Å². The molecule has 1 fully saturated rings. The second kappa shape index (κ2) is 4.25. The number of nitriles is 1. The van der Waals surface area contributed by atoms with Gasteiger partial charge in [0.25, 0.3) is 0 Å². The molecule has 0 aliphatic carbocycles. The van der Waals surface area contributed by atoms with E-state index in [1.807, 2.05) is 18.7 Å². The molecule has 2 aromatic heterocycles. The van der Waals surface area contributed by atoms with Crippen molar-refractivity contribution in [1.29, 1.82) is 5.26 Å². The third-order valence-electron chi connectivity index (χ3n) is 3.41. The van der Waals surface area contributed by atoms with Gasteiger partial charge in [-0.3, -0.25) is 0 Å². The zero-order valence-electron chi connectivity index (χ0n) is 10.6. The van der Waals surface area contributed by atoms with Crippen LogP contribution in [0.25, 0.3) is 10.3 Å². The minimum absolute atomic E-state index is 0.144. The predicted octanol–water partition coefficient (Wildman–Crippen LogP) is 2.08. The highest BCUT2D eigenvalue weighted by molar-refractivity contribution is 7.22. The van der Waals surface area contributed by atoms with E-state index in [9.17, 15) is 0 Å². The molecule has 0 N–H and O–H groups in total. The molecule has 3 heterocycles. The number of hydrogen-bond donors (Lipinski definition) is 0. The van der Waals surface area contributed by atoms with Crippen LogP contribution in [0.3, 0.4) is 0 Å². The lowest BCUT2D eigenvalue weighted by molar-refractivity contribution is 0.493. The summed E-state index contributed by atoms with van der Waals surface area (Å²) in [6.45, 7) is 3.83. The zero-order chi connectivity index (χ0) is 12.7. The second-order valence-corrected chi connectivity index (χ2v) is 5.75. The predicted molar refractivity (Wildman–Crippen MR) is 71.7 cm³/mol. The van der Waals surface area contributed by atoms with Gasteiger partial charge in [-0.05, 0) is 19.8 Å². The number of nitrogens with zero attached hydrogens (tertiary/aromatic N) is 5. The van der Waals surface area contributed by atoms with E-state index in [1.54, 1.807) is 11.3 Å². The summed E-state index contributed by atoms with van der Waals surface area (Å²) in [5.74, 6) is 0.144. The molecule has 1 atom stereocenters. The third-order valence-corrected chi connectivity index (χ3v) is 4.62. The summed E-state index contributed by atoms with van der Waals surface area (Å²) in [5, 5.41) is 14.4. The molecule has 0 radical (unpaired) electrons. The number of rotatable bonds is 1.